The van der Waals surface area contributed by atoms with E-state index in [4.69, 9.17) is 9.47 Å². The van der Waals surface area contributed by atoms with Crippen molar-refractivity contribution in [3.8, 4) is 0 Å². The Hall–Kier alpha value is -1.06. The molecule has 0 aromatic rings. The van der Waals surface area contributed by atoms with Crippen molar-refractivity contribution >= 4 is 11.9 Å². The first-order valence-electron chi connectivity index (χ1n) is 4.77. The lowest BCUT2D eigenvalue weighted by Gasteiger charge is -2.21. The zero-order valence-electron chi connectivity index (χ0n) is 8.62. The van der Waals surface area contributed by atoms with Gasteiger partial charge in [0.1, 0.15) is 5.60 Å². The number of cyclic esters (lactones) is 1. The maximum atomic E-state index is 11.7. The molecular formula is C10H14O4. The van der Waals surface area contributed by atoms with Crippen LogP contribution in [0.1, 0.15) is 27.2 Å². The SMILES string of the molecule is CC(C)(C)OC(=O)[C@]12C[C@H]1COC2=O. The molecule has 0 aromatic carbocycles. The highest BCUT2D eigenvalue weighted by molar-refractivity contribution is 6.05. The minimum atomic E-state index is -0.937. The molecule has 2 rings (SSSR count). The zero-order valence-corrected chi connectivity index (χ0v) is 8.62. The molecule has 0 N–H and O–H groups in total. The fourth-order valence-electron chi connectivity index (χ4n) is 1.79. The van der Waals surface area contributed by atoms with Crippen LogP contribution in [-0.4, -0.2) is 24.1 Å². The van der Waals surface area contributed by atoms with Crippen LogP contribution in [0, 0.1) is 11.3 Å². The summed E-state index contributed by atoms with van der Waals surface area (Å²) in [5.74, 6) is -0.765. The van der Waals surface area contributed by atoms with Crippen molar-refractivity contribution in [3.05, 3.63) is 0 Å². The van der Waals surface area contributed by atoms with Crippen molar-refractivity contribution in [2.24, 2.45) is 11.3 Å². The number of hydrogen-bond donors (Lipinski definition) is 0. The maximum absolute atomic E-state index is 11.7. The average Bonchev–Trinajstić information content (AvgIpc) is 2.65. The second-order valence-electron chi connectivity index (χ2n) is 4.97. The minimum absolute atomic E-state index is 0.0600. The number of esters is 2. The molecule has 4 nitrogen and oxygen atoms in total. The topological polar surface area (TPSA) is 52.6 Å². The predicted octanol–water partition coefficient (Wildman–Crippen LogP) is 0.891. The number of hydrogen-bond acceptors (Lipinski definition) is 4. The molecule has 2 atom stereocenters. The van der Waals surface area contributed by atoms with Crippen molar-refractivity contribution in [1.82, 2.24) is 0 Å². The van der Waals surface area contributed by atoms with Gasteiger partial charge in [-0.1, -0.05) is 0 Å². The molecular weight excluding hydrogens is 184 g/mol. The molecule has 1 saturated carbocycles. The Bertz CT molecular complexity index is 302. The van der Waals surface area contributed by atoms with Gasteiger partial charge in [-0.05, 0) is 27.2 Å². The van der Waals surface area contributed by atoms with Crippen LogP contribution in [-0.2, 0) is 19.1 Å². The average molecular weight is 198 g/mol. The van der Waals surface area contributed by atoms with Crippen LogP contribution < -0.4 is 0 Å². The molecule has 0 bridgehead atoms. The minimum Gasteiger partial charge on any atom is -0.464 e. The Kier molecular flexibility index (Phi) is 1.69. The van der Waals surface area contributed by atoms with Crippen molar-refractivity contribution < 1.29 is 19.1 Å². The summed E-state index contributed by atoms with van der Waals surface area (Å²) in [5, 5.41) is 0. The van der Waals surface area contributed by atoms with E-state index in [9.17, 15) is 9.59 Å². The van der Waals surface area contributed by atoms with Crippen molar-refractivity contribution in [3.63, 3.8) is 0 Å². The predicted molar refractivity (Wildman–Crippen MR) is 47.3 cm³/mol. The lowest BCUT2D eigenvalue weighted by Crippen LogP contribution is -2.33. The number of ether oxygens (including phenoxy) is 2. The van der Waals surface area contributed by atoms with Crippen LogP contribution in [0.3, 0.4) is 0 Å². The van der Waals surface area contributed by atoms with E-state index in [2.05, 4.69) is 0 Å². The van der Waals surface area contributed by atoms with Crippen LogP contribution in [0.2, 0.25) is 0 Å². The van der Waals surface area contributed by atoms with Gasteiger partial charge < -0.3 is 9.47 Å². The molecule has 0 radical (unpaired) electrons. The van der Waals surface area contributed by atoms with E-state index in [1.165, 1.54) is 0 Å². The summed E-state index contributed by atoms with van der Waals surface area (Å²) < 4.78 is 10.0. The first-order chi connectivity index (χ1) is 6.36. The number of fused-ring (bicyclic) bond motifs is 1. The Balaban J connectivity index is 2.10. The molecule has 0 aromatic heterocycles. The van der Waals surface area contributed by atoms with Gasteiger partial charge in [0.05, 0.1) is 6.61 Å². The molecule has 0 unspecified atom stereocenters. The Morgan fingerprint density at radius 2 is 2.21 bits per heavy atom. The third kappa shape index (κ3) is 1.21. The van der Waals surface area contributed by atoms with Crippen LogP contribution in [0.4, 0.5) is 0 Å². The molecule has 14 heavy (non-hydrogen) atoms. The molecule has 78 valence electrons. The van der Waals surface area contributed by atoms with Gasteiger partial charge in [-0.3, -0.25) is 9.59 Å². The van der Waals surface area contributed by atoms with E-state index in [0.717, 1.165) is 0 Å². The number of carbonyl (C=O) groups is 2. The standard InChI is InChI=1S/C10H14O4/c1-9(2,3)14-8(12)10-4-6(10)5-13-7(10)11/h6H,4-5H2,1-3H3/t6-,10+/m0/s1. The highest BCUT2D eigenvalue weighted by atomic mass is 16.6. The van der Waals surface area contributed by atoms with Crippen LogP contribution >= 0.6 is 0 Å². The van der Waals surface area contributed by atoms with Gasteiger partial charge in [-0.15, -0.1) is 0 Å². The highest BCUT2D eigenvalue weighted by Crippen LogP contribution is 2.58. The zero-order chi connectivity index (χ0) is 10.6. The first kappa shape index (κ1) is 9.49. The summed E-state index contributed by atoms with van der Waals surface area (Å²) in [6.07, 6.45) is 0.598. The van der Waals surface area contributed by atoms with Gasteiger partial charge in [0.25, 0.3) is 0 Å². The lowest BCUT2D eigenvalue weighted by atomic mass is 10.1. The van der Waals surface area contributed by atoms with E-state index in [0.29, 0.717) is 13.0 Å². The van der Waals surface area contributed by atoms with E-state index < -0.39 is 23.0 Å². The van der Waals surface area contributed by atoms with E-state index in [1.807, 2.05) is 0 Å². The third-order valence-electron chi connectivity index (χ3n) is 2.65. The smallest absolute Gasteiger partial charge is 0.324 e. The van der Waals surface area contributed by atoms with Gasteiger partial charge in [0, 0.05) is 5.92 Å². The summed E-state index contributed by atoms with van der Waals surface area (Å²) >= 11 is 0. The summed E-state index contributed by atoms with van der Waals surface area (Å²) in [7, 11) is 0. The molecule has 1 aliphatic heterocycles. The fraction of sp³-hybridized carbons (Fsp3) is 0.800. The third-order valence-corrected chi connectivity index (χ3v) is 2.65. The summed E-state index contributed by atoms with van der Waals surface area (Å²) in [6, 6.07) is 0. The summed E-state index contributed by atoms with van der Waals surface area (Å²) in [5.41, 5.74) is -1.48. The maximum Gasteiger partial charge on any atom is 0.324 e. The first-order valence-corrected chi connectivity index (χ1v) is 4.77. The van der Waals surface area contributed by atoms with Gasteiger partial charge in [-0.25, -0.2) is 0 Å². The molecule has 1 heterocycles. The monoisotopic (exact) mass is 198 g/mol. The fourth-order valence-corrected chi connectivity index (χ4v) is 1.79. The molecule has 2 fully saturated rings. The van der Waals surface area contributed by atoms with Gasteiger partial charge >= 0.3 is 11.9 Å². The van der Waals surface area contributed by atoms with Gasteiger partial charge in [0.15, 0.2) is 5.41 Å². The van der Waals surface area contributed by atoms with Gasteiger partial charge in [0.2, 0.25) is 0 Å². The number of rotatable bonds is 1. The van der Waals surface area contributed by atoms with E-state index in [1.54, 1.807) is 20.8 Å². The molecule has 2 aliphatic rings. The summed E-state index contributed by atoms with van der Waals surface area (Å²) in [4.78, 5) is 23.1. The second kappa shape index (κ2) is 2.49. The largest absolute Gasteiger partial charge is 0.464 e. The van der Waals surface area contributed by atoms with Gasteiger partial charge in [-0.2, -0.15) is 0 Å². The molecule has 0 amide bonds. The van der Waals surface area contributed by atoms with Crippen molar-refractivity contribution in [2.75, 3.05) is 6.61 Å². The van der Waals surface area contributed by atoms with E-state index in [-0.39, 0.29) is 5.92 Å². The lowest BCUT2D eigenvalue weighted by molar-refractivity contribution is -0.168. The molecule has 1 saturated heterocycles. The van der Waals surface area contributed by atoms with E-state index >= 15 is 0 Å². The second-order valence-corrected chi connectivity index (χ2v) is 4.97. The van der Waals surface area contributed by atoms with Crippen LogP contribution in [0.15, 0.2) is 0 Å². The molecule has 0 spiro atoms. The quantitative estimate of drug-likeness (QED) is 0.464. The Morgan fingerprint density at radius 1 is 1.57 bits per heavy atom. The van der Waals surface area contributed by atoms with Crippen molar-refractivity contribution in [1.29, 1.82) is 0 Å². The van der Waals surface area contributed by atoms with Crippen molar-refractivity contribution in [2.45, 2.75) is 32.8 Å². The number of carbonyl (C=O) groups excluding carboxylic acids is 2. The normalized spacial score (nSPS) is 34.8. The summed E-state index contributed by atoms with van der Waals surface area (Å²) in [6.45, 7) is 5.75. The Labute approximate surface area is 82.6 Å². The van der Waals surface area contributed by atoms with Crippen LogP contribution in [0.5, 0.6) is 0 Å². The Morgan fingerprint density at radius 3 is 2.57 bits per heavy atom. The molecule has 4 heteroatoms. The molecule has 1 aliphatic carbocycles. The highest BCUT2D eigenvalue weighted by Gasteiger charge is 2.72. The van der Waals surface area contributed by atoms with Crippen LogP contribution in [0.25, 0.3) is 0 Å².